The van der Waals surface area contributed by atoms with Crippen molar-refractivity contribution in [1.29, 1.82) is 0 Å². The summed E-state index contributed by atoms with van der Waals surface area (Å²) in [6.07, 6.45) is -4.57. The van der Waals surface area contributed by atoms with Crippen LogP contribution in [0.4, 0.5) is 30.2 Å². The monoisotopic (exact) mass is 792 g/mol. The fourth-order valence-electron chi connectivity index (χ4n) is 3.56. The van der Waals surface area contributed by atoms with Crippen LogP contribution in [0.15, 0.2) is 48.5 Å². The molecule has 1 atom stereocenters. The Morgan fingerprint density at radius 3 is 1.98 bits per heavy atom. The molecule has 52 heavy (non-hydrogen) atoms. The van der Waals surface area contributed by atoms with Crippen LogP contribution in [0.2, 0.25) is 5.02 Å². The number of hydrogen-bond acceptors (Lipinski definition) is 13. The second-order valence-electron chi connectivity index (χ2n) is 9.84. The molecule has 0 saturated heterocycles. The van der Waals surface area contributed by atoms with Crippen molar-refractivity contribution in [1.82, 2.24) is 5.32 Å². The van der Waals surface area contributed by atoms with E-state index in [0.717, 1.165) is 36.4 Å². The van der Waals surface area contributed by atoms with E-state index in [1.54, 1.807) is 6.92 Å². The number of hydrogen-bond donors (Lipinski definition) is 5. The molecule has 278 valence electrons. The zero-order chi connectivity index (χ0) is 39.4. The summed E-state index contributed by atoms with van der Waals surface area (Å²) in [5.74, 6) is -3.97. The van der Waals surface area contributed by atoms with Crippen molar-refractivity contribution in [3.8, 4) is 17.2 Å². The number of nitrogens with zero attached hydrogens (tertiary/aromatic N) is 3. The van der Waals surface area contributed by atoms with Crippen molar-refractivity contribution < 1.29 is 101 Å². The van der Waals surface area contributed by atoms with Gasteiger partial charge in [0.25, 0.3) is 11.4 Å². The molecule has 5 N–H and O–H groups in total. The average Bonchev–Trinajstić information content (AvgIpc) is 3.00. The number of non-ortho nitro benzene ring substituents is 1. The molecule has 0 amide bonds. The minimum Gasteiger partial charge on any atom is -0.545 e. The molecule has 19 nitrogen and oxygen atoms in total. The van der Waals surface area contributed by atoms with Crippen LogP contribution in [0.25, 0.3) is 0 Å². The Morgan fingerprint density at radius 2 is 1.56 bits per heavy atom. The molecule has 0 aliphatic heterocycles. The zero-order valence-electron chi connectivity index (χ0n) is 26.9. The van der Waals surface area contributed by atoms with Gasteiger partial charge in [-0.15, -0.1) is 0 Å². The van der Waals surface area contributed by atoms with Crippen LogP contribution in [0.3, 0.4) is 0 Å². The van der Waals surface area contributed by atoms with Gasteiger partial charge < -0.3 is 34.6 Å². The first-order valence-corrected chi connectivity index (χ1v) is 15.7. The third-order valence-electron chi connectivity index (χ3n) is 6.12. The fraction of sp³-hybridized carbons (Fsp3) is 0.259. The number of nitrogens with one attached hydrogen (secondary N) is 1. The van der Waals surface area contributed by atoms with Gasteiger partial charge in [-0.25, -0.2) is 0 Å². The van der Waals surface area contributed by atoms with Gasteiger partial charge in [0.2, 0.25) is 0 Å². The number of aliphatic carboxylic acids is 1. The first-order chi connectivity index (χ1) is 23.4. The molecule has 1 unspecified atom stereocenters. The zero-order valence-corrected chi connectivity index (χ0v) is 30.5. The summed E-state index contributed by atoms with van der Waals surface area (Å²) in [6, 6.07) is 7.04. The van der Waals surface area contributed by atoms with Crippen molar-refractivity contribution in [2.24, 2.45) is 0 Å². The number of rotatable bonds is 12. The van der Waals surface area contributed by atoms with E-state index in [2.05, 4.69) is 5.32 Å². The number of phenols is 1. The van der Waals surface area contributed by atoms with Crippen LogP contribution in [0, 0.1) is 30.3 Å². The first-order valence-electron chi connectivity index (χ1n) is 13.6. The number of carboxylic acids is 2. The van der Waals surface area contributed by atoms with E-state index in [9.17, 15) is 67.9 Å². The molecule has 0 bridgehead atoms. The Labute approximate surface area is 316 Å². The van der Waals surface area contributed by atoms with E-state index < -0.39 is 81.6 Å². The summed E-state index contributed by atoms with van der Waals surface area (Å²) in [7, 11) is -4.10. The quantitative estimate of drug-likeness (QED) is 0.0757. The number of phenolic OH excluding ortho intramolecular Hbond substituents is 1. The summed E-state index contributed by atoms with van der Waals surface area (Å²) >= 11 is 5.71. The van der Waals surface area contributed by atoms with Gasteiger partial charge in [-0.1, -0.05) is 25.4 Å². The van der Waals surface area contributed by atoms with Gasteiger partial charge in [-0.3, -0.25) is 45.0 Å². The van der Waals surface area contributed by atoms with Crippen LogP contribution < -0.4 is 44.7 Å². The summed E-state index contributed by atoms with van der Waals surface area (Å²) in [5, 5.41) is 62.4. The van der Waals surface area contributed by atoms with Crippen LogP contribution >= 0.6 is 19.2 Å². The molecule has 3 aromatic carbocycles. The smallest absolute Gasteiger partial charge is 0.545 e. The van der Waals surface area contributed by atoms with Crippen LogP contribution in [-0.4, -0.2) is 59.5 Å². The molecule has 0 aliphatic carbocycles. The number of carboxylic acid groups (broad SMARTS) is 2. The van der Waals surface area contributed by atoms with Crippen molar-refractivity contribution in [2.75, 3.05) is 12.8 Å². The molecule has 3 rings (SSSR count). The Morgan fingerprint density at radius 1 is 0.981 bits per heavy atom. The number of benzene rings is 3. The molecule has 0 saturated carbocycles. The number of carbonyl (C=O) groups is 2. The number of carbonyl (C=O) groups excluding carboxylic acids is 1. The number of nitro benzene ring substituents is 3. The van der Waals surface area contributed by atoms with Gasteiger partial charge in [-0.05, 0) is 42.7 Å². The van der Waals surface area contributed by atoms with Crippen LogP contribution in [0.1, 0.15) is 47.7 Å². The Kier molecular flexibility index (Phi) is 18.8. The normalized spacial score (nSPS) is 11.3. The number of alkyl halides is 3. The number of ether oxygens (including phenoxy) is 1. The topological polar surface area (TPSA) is 306 Å². The number of aromatic hydroxyl groups is 1. The van der Waals surface area contributed by atoms with Crippen molar-refractivity contribution in [3.05, 3.63) is 101 Å². The van der Waals surface area contributed by atoms with E-state index in [-0.39, 0.29) is 63.2 Å². The van der Waals surface area contributed by atoms with Crippen LogP contribution in [-0.2, 0) is 15.5 Å². The number of nitro groups is 3. The summed E-state index contributed by atoms with van der Waals surface area (Å²) in [5.41, 5.74) is -3.21. The van der Waals surface area contributed by atoms with E-state index in [1.807, 2.05) is 6.92 Å². The van der Waals surface area contributed by atoms with Crippen molar-refractivity contribution in [2.45, 2.75) is 32.4 Å². The second kappa shape index (κ2) is 20.6. The van der Waals surface area contributed by atoms with Gasteiger partial charge in [0.1, 0.15) is 11.5 Å². The Bertz CT molecular complexity index is 1850. The van der Waals surface area contributed by atoms with Gasteiger partial charge >= 0.3 is 55.0 Å². The molecule has 3 aromatic rings. The average molecular weight is 793 g/mol. The maximum absolute atomic E-state index is 12.6. The summed E-state index contributed by atoms with van der Waals surface area (Å²) in [6.45, 7) is 3.13. The van der Waals surface area contributed by atoms with Gasteiger partial charge in [0.05, 0.1) is 55.8 Å². The molecule has 0 fully saturated rings. The third kappa shape index (κ3) is 15.5. The van der Waals surface area contributed by atoms with E-state index in [0.29, 0.717) is 12.5 Å². The first kappa shape index (κ1) is 47.6. The minimum absolute atomic E-state index is 0. The summed E-state index contributed by atoms with van der Waals surface area (Å²) in [4.78, 5) is 66.7. The molecule has 0 spiro atoms. The van der Waals surface area contributed by atoms with E-state index in [4.69, 9.17) is 31.2 Å². The predicted molar refractivity (Wildman–Crippen MR) is 167 cm³/mol. The van der Waals surface area contributed by atoms with Gasteiger partial charge in [-0.2, -0.15) is 13.2 Å². The molecule has 0 heterocycles. The molecular formula is C27H26ClF3N4NaO15P. The van der Waals surface area contributed by atoms with Gasteiger partial charge in [0.15, 0.2) is 5.75 Å². The maximum Gasteiger partial charge on any atom is 1.00 e. The Hall–Kier alpha value is -4.41. The van der Waals surface area contributed by atoms with Crippen LogP contribution in [0.5, 0.6) is 17.2 Å². The number of aromatic carboxylic acids is 1. The largest absolute Gasteiger partial charge is 1.00 e. The SMILES string of the molecule is CCC(C)c1cc([N+](=O)[O-])cc([N+](=O)[O-])c1O.O=C(O)CNCP(=O)(O)O.O=C([O-])c1cc(Oc2ccc(C(F)(F)F)cc2Cl)ccc1[N+](=O)[O-].[Na+]. The third-order valence-corrected chi connectivity index (χ3v) is 7.05. The molecular weight excluding hydrogens is 767 g/mol. The standard InChI is InChI=1S/C14H7ClF3NO5.C10H12N2O5.C3H8NO5P.Na/c15-10-5-7(14(16,17)18)1-4-12(10)24-8-2-3-11(19(22)23)9(6-8)13(20)21;1-3-6(2)8-4-7(11(14)15)5-9(10(8)13)12(16)17;5-3(6)1-4-2-10(7,8)9;/h1-6H,(H,20,21);4-6,13H,3H2,1-2H3;4H,1-2H2,(H,5,6)(H2,7,8,9);/q;;;+1/p-1. The molecule has 0 radical (unpaired) electrons. The minimum atomic E-state index is -4.59. The van der Waals surface area contributed by atoms with Crippen molar-refractivity contribution in [3.63, 3.8) is 0 Å². The van der Waals surface area contributed by atoms with Crippen molar-refractivity contribution >= 4 is 48.2 Å². The van der Waals surface area contributed by atoms with E-state index >= 15 is 0 Å². The Balaban J connectivity index is 0.000000812. The predicted octanol–water partition coefficient (Wildman–Crippen LogP) is 1.94. The summed E-state index contributed by atoms with van der Waals surface area (Å²) < 4.78 is 52.9. The van der Waals surface area contributed by atoms with Gasteiger partial charge in [0, 0.05) is 17.7 Å². The molecule has 25 heteroatoms. The molecule has 0 aromatic heterocycles. The molecule has 0 aliphatic rings. The second-order valence-corrected chi connectivity index (χ2v) is 11.9. The number of halogens is 4. The fourth-order valence-corrected chi connectivity index (χ4v) is 4.18. The maximum atomic E-state index is 12.6. The van der Waals surface area contributed by atoms with E-state index in [1.165, 1.54) is 6.07 Å².